The summed E-state index contributed by atoms with van der Waals surface area (Å²) in [5, 5.41) is 6.83. The van der Waals surface area contributed by atoms with Gasteiger partial charge in [-0.25, -0.2) is 0 Å². The lowest BCUT2D eigenvalue weighted by atomic mass is 9.87. The molecule has 9 heteroatoms. The fourth-order valence-electron chi connectivity index (χ4n) is 4.09. The van der Waals surface area contributed by atoms with Crippen LogP contribution in [0.15, 0.2) is 53.1 Å². The number of aromatic nitrogens is 2. The maximum absolute atomic E-state index is 12.7. The van der Waals surface area contributed by atoms with Crippen LogP contribution in [-0.2, 0) is 22.9 Å². The molecule has 0 aliphatic carbocycles. The van der Waals surface area contributed by atoms with Gasteiger partial charge in [0, 0.05) is 17.2 Å². The number of likely N-dealkylation sites (tertiary alicyclic amines) is 1. The maximum Gasteiger partial charge on any atom is 0.416 e. The van der Waals surface area contributed by atoms with Crippen LogP contribution >= 0.6 is 0 Å². The molecule has 1 aliphatic rings. The van der Waals surface area contributed by atoms with Gasteiger partial charge in [-0.3, -0.25) is 9.69 Å². The fourth-order valence-corrected chi connectivity index (χ4v) is 4.09. The summed E-state index contributed by atoms with van der Waals surface area (Å²) in [5.74, 6) is 0.690. The zero-order chi connectivity index (χ0) is 25.2. The van der Waals surface area contributed by atoms with Crippen LogP contribution in [0.1, 0.15) is 50.6 Å². The zero-order valence-corrected chi connectivity index (χ0v) is 20.0. The van der Waals surface area contributed by atoms with Crippen molar-refractivity contribution in [3.63, 3.8) is 0 Å². The number of carbonyl (C=O) groups is 1. The van der Waals surface area contributed by atoms with Crippen molar-refractivity contribution < 1.29 is 22.5 Å². The van der Waals surface area contributed by atoms with Gasteiger partial charge in [0.1, 0.15) is 0 Å². The number of amides is 1. The Bertz CT molecular complexity index is 1140. The Hall–Kier alpha value is -3.20. The van der Waals surface area contributed by atoms with E-state index in [4.69, 9.17) is 4.52 Å². The Morgan fingerprint density at radius 3 is 2.17 bits per heavy atom. The van der Waals surface area contributed by atoms with E-state index in [1.165, 1.54) is 17.7 Å². The number of rotatable bonds is 5. The molecule has 1 N–H and O–H groups in total. The molecule has 0 saturated carbocycles. The molecule has 1 saturated heterocycles. The minimum absolute atomic E-state index is 0.0711. The Kier molecular flexibility index (Phi) is 6.98. The third-order valence-electron chi connectivity index (χ3n) is 6.27. The minimum Gasteiger partial charge on any atom is -0.338 e. The quantitative estimate of drug-likeness (QED) is 0.486. The van der Waals surface area contributed by atoms with Crippen molar-refractivity contribution in [2.45, 2.75) is 51.7 Å². The third kappa shape index (κ3) is 6.28. The first-order chi connectivity index (χ1) is 16.5. The summed E-state index contributed by atoms with van der Waals surface area (Å²) >= 11 is 0. The van der Waals surface area contributed by atoms with Crippen LogP contribution in [0.5, 0.6) is 0 Å². The lowest BCUT2D eigenvalue weighted by Crippen LogP contribution is -2.37. The van der Waals surface area contributed by atoms with Gasteiger partial charge in [-0.2, -0.15) is 18.2 Å². The van der Waals surface area contributed by atoms with Crippen LogP contribution in [0.2, 0.25) is 0 Å². The number of piperidine rings is 1. The molecular formula is C26H29F3N4O2. The largest absolute Gasteiger partial charge is 0.416 e. The van der Waals surface area contributed by atoms with E-state index >= 15 is 0 Å². The van der Waals surface area contributed by atoms with Gasteiger partial charge in [0.15, 0.2) is 0 Å². The molecule has 186 valence electrons. The smallest absolute Gasteiger partial charge is 0.338 e. The number of nitrogens with zero attached hydrogens (tertiary/aromatic N) is 3. The van der Waals surface area contributed by atoms with Crippen LogP contribution in [-0.4, -0.2) is 34.0 Å². The second-order valence-electron chi connectivity index (χ2n) is 9.95. The van der Waals surface area contributed by atoms with Gasteiger partial charge < -0.3 is 9.84 Å². The van der Waals surface area contributed by atoms with Gasteiger partial charge in [0.05, 0.1) is 12.1 Å². The van der Waals surface area contributed by atoms with Gasteiger partial charge in [0.25, 0.3) is 0 Å². The normalized spacial score (nSPS) is 15.8. The van der Waals surface area contributed by atoms with Crippen LogP contribution in [0.25, 0.3) is 11.4 Å². The molecule has 0 bridgehead atoms. The van der Waals surface area contributed by atoms with E-state index in [0.29, 0.717) is 49.9 Å². The molecule has 0 unspecified atom stereocenters. The monoisotopic (exact) mass is 486 g/mol. The highest BCUT2D eigenvalue weighted by Gasteiger charge is 2.30. The van der Waals surface area contributed by atoms with Gasteiger partial charge >= 0.3 is 6.18 Å². The van der Waals surface area contributed by atoms with E-state index in [9.17, 15) is 18.0 Å². The number of anilines is 1. The highest BCUT2D eigenvalue weighted by Crippen LogP contribution is 2.30. The van der Waals surface area contributed by atoms with Crippen molar-refractivity contribution in [3.8, 4) is 11.4 Å². The van der Waals surface area contributed by atoms with Crippen molar-refractivity contribution >= 4 is 11.6 Å². The Balaban J connectivity index is 1.27. The molecule has 4 rings (SSSR count). The average molecular weight is 487 g/mol. The second-order valence-corrected chi connectivity index (χ2v) is 9.95. The molecule has 0 atom stereocenters. The second kappa shape index (κ2) is 9.81. The molecular weight excluding hydrogens is 457 g/mol. The Labute approximate surface area is 202 Å². The molecule has 1 fully saturated rings. The predicted molar refractivity (Wildman–Crippen MR) is 127 cm³/mol. The Morgan fingerprint density at radius 1 is 1.00 bits per heavy atom. The van der Waals surface area contributed by atoms with Crippen LogP contribution < -0.4 is 5.32 Å². The SMILES string of the molecule is CC(C)(C)c1ccc(-c2noc(CN3CCC(C(=O)Nc4ccc(C(F)(F)F)cc4)CC3)n2)cc1. The van der Waals surface area contributed by atoms with Crippen molar-refractivity contribution in [1.82, 2.24) is 15.0 Å². The molecule has 2 heterocycles. The van der Waals surface area contributed by atoms with Crippen LogP contribution in [0.4, 0.5) is 18.9 Å². The molecule has 1 aromatic heterocycles. The van der Waals surface area contributed by atoms with Crippen molar-refractivity contribution in [2.75, 3.05) is 18.4 Å². The maximum atomic E-state index is 12.7. The predicted octanol–water partition coefficient (Wildman–Crippen LogP) is 5.90. The first kappa shape index (κ1) is 24.9. The summed E-state index contributed by atoms with van der Waals surface area (Å²) in [6.45, 7) is 8.36. The molecule has 2 aromatic carbocycles. The number of halogens is 3. The highest BCUT2D eigenvalue weighted by molar-refractivity contribution is 5.92. The van der Waals surface area contributed by atoms with Gasteiger partial charge in [-0.1, -0.05) is 50.2 Å². The Morgan fingerprint density at radius 2 is 1.60 bits per heavy atom. The summed E-state index contributed by atoms with van der Waals surface area (Å²) in [5.41, 5.74) is 1.82. The minimum atomic E-state index is -4.40. The van der Waals surface area contributed by atoms with Crippen LogP contribution in [0.3, 0.4) is 0 Å². The highest BCUT2D eigenvalue weighted by atomic mass is 19.4. The van der Waals surface area contributed by atoms with Crippen molar-refractivity contribution in [3.05, 3.63) is 65.5 Å². The van der Waals surface area contributed by atoms with Gasteiger partial charge in [-0.05, 0) is 61.2 Å². The molecule has 1 aliphatic heterocycles. The summed E-state index contributed by atoms with van der Waals surface area (Å²) in [6, 6.07) is 12.6. The van der Waals surface area contributed by atoms with E-state index in [1.807, 2.05) is 12.1 Å². The van der Waals surface area contributed by atoms with E-state index in [1.54, 1.807) is 0 Å². The lowest BCUT2D eigenvalue weighted by molar-refractivity contribution is -0.137. The summed E-state index contributed by atoms with van der Waals surface area (Å²) in [6.07, 6.45) is -3.12. The zero-order valence-electron chi connectivity index (χ0n) is 20.0. The number of alkyl halides is 3. The summed E-state index contributed by atoms with van der Waals surface area (Å²) in [7, 11) is 0. The number of benzene rings is 2. The number of carbonyl (C=O) groups excluding carboxylic acids is 1. The molecule has 6 nitrogen and oxygen atoms in total. The molecule has 1 amide bonds. The fraction of sp³-hybridized carbons (Fsp3) is 0.423. The van der Waals surface area contributed by atoms with Crippen LogP contribution in [0, 0.1) is 5.92 Å². The number of nitrogens with one attached hydrogen (secondary N) is 1. The van der Waals surface area contributed by atoms with Crippen molar-refractivity contribution in [1.29, 1.82) is 0 Å². The molecule has 35 heavy (non-hydrogen) atoms. The molecule has 0 spiro atoms. The molecule has 3 aromatic rings. The van der Waals surface area contributed by atoms with E-state index in [0.717, 1.165) is 17.7 Å². The van der Waals surface area contributed by atoms with Gasteiger partial charge in [0.2, 0.25) is 17.6 Å². The molecule has 0 radical (unpaired) electrons. The average Bonchev–Trinajstić information content (AvgIpc) is 3.27. The summed E-state index contributed by atoms with van der Waals surface area (Å²) < 4.78 is 43.5. The van der Waals surface area contributed by atoms with E-state index in [-0.39, 0.29) is 17.2 Å². The topological polar surface area (TPSA) is 71.3 Å². The van der Waals surface area contributed by atoms with Crippen molar-refractivity contribution in [2.24, 2.45) is 5.92 Å². The number of hydrogen-bond acceptors (Lipinski definition) is 5. The summed E-state index contributed by atoms with van der Waals surface area (Å²) in [4.78, 5) is 19.2. The number of hydrogen-bond donors (Lipinski definition) is 1. The lowest BCUT2D eigenvalue weighted by Gasteiger charge is -2.30. The first-order valence-corrected chi connectivity index (χ1v) is 11.6. The standard InChI is InChI=1S/C26H29F3N4O2/c1-25(2,3)19-6-4-17(5-7-19)23-31-22(35-32-23)16-33-14-12-18(13-15-33)24(34)30-21-10-8-20(9-11-21)26(27,28)29/h4-11,18H,12-16H2,1-3H3,(H,30,34). The third-order valence-corrected chi connectivity index (χ3v) is 6.27. The van der Waals surface area contributed by atoms with E-state index in [2.05, 4.69) is 53.3 Å². The van der Waals surface area contributed by atoms with Gasteiger partial charge in [-0.15, -0.1) is 0 Å². The van der Waals surface area contributed by atoms with E-state index < -0.39 is 11.7 Å². The first-order valence-electron chi connectivity index (χ1n) is 11.6.